The highest BCUT2D eigenvalue weighted by molar-refractivity contribution is 5.87. The Morgan fingerprint density at radius 3 is 2.76 bits per heavy atom. The summed E-state index contributed by atoms with van der Waals surface area (Å²) >= 11 is 0. The van der Waals surface area contributed by atoms with Gasteiger partial charge in [-0.1, -0.05) is 6.08 Å². The van der Waals surface area contributed by atoms with E-state index < -0.39 is 5.97 Å². The zero-order chi connectivity index (χ0) is 12.7. The number of aromatic carboxylic acids is 1. The molecular formula is C12H14N2O3. The van der Waals surface area contributed by atoms with Gasteiger partial charge in [0.2, 0.25) is 5.91 Å². The third-order valence-electron chi connectivity index (χ3n) is 2.01. The lowest BCUT2D eigenvalue weighted by molar-refractivity contribution is -0.118. The second-order valence-electron chi connectivity index (χ2n) is 3.45. The number of pyridine rings is 1. The van der Waals surface area contributed by atoms with Crippen molar-refractivity contribution in [1.29, 1.82) is 0 Å². The Kier molecular flexibility index (Phi) is 4.87. The molecule has 5 nitrogen and oxygen atoms in total. The molecule has 0 fully saturated rings. The number of carboxylic acid groups (broad SMARTS) is 1. The summed E-state index contributed by atoms with van der Waals surface area (Å²) in [6.07, 6.45) is 5.68. The first-order valence-electron chi connectivity index (χ1n) is 5.20. The molecule has 0 aliphatic carbocycles. The maximum Gasteiger partial charge on any atom is 0.337 e. The van der Waals surface area contributed by atoms with E-state index in [0.29, 0.717) is 18.7 Å². The number of rotatable bonds is 5. The molecule has 0 saturated heterocycles. The third-order valence-corrected chi connectivity index (χ3v) is 2.01. The van der Waals surface area contributed by atoms with E-state index in [4.69, 9.17) is 5.11 Å². The molecule has 0 radical (unpaired) electrons. The molecule has 2 N–H and O–H groups in total. The average Bonchev–Trinajstić information content (AvgIpc) is 2.29. The van der Waals surface area contributed by atoms with Gasteiger partial charge in [-0.15, -0.1) is 0 Å². The van der Waals surface area contributed by atoms with Crippen molar-refractivity contribution < 1.29 is 14.7 Å². The molecule has 1 rings (SSSR count). The minimum absolute atomic E-state index is 0.0534. The van der Waals surface area contributed by atoms with Gasteiger partial charge >= 0.3 is 5.97 Å². The van der Waals surface area contributed by atoms with Crippen LogP contribution >= 0.6 is 0 Å². The van der Waals surface area contributed by atoms with Gasteiger partial charge in [-0.25, -0.2) is 4.79 Å². The monoisotopic (exact) mass is 234 g/mol. The van der Waals surface area contributed by atoms with Gasteiger partial charge in [-0.2, -0.15) is 0 Å². The van der Waals surface area contributed by atoms with Crippen LogP contribution in [0, 0.1) is 0 Å². The van der Waals surface area contributed by atoms with Crippen LogP contribution in [-0.2, 0) is 4.79 Å². The SMILES string of the molecule is CC(=O)NCCC=Cc1ccc(C(=O)O)cn1. The fourth-order valence-corrected chi connectivity index (χ4v) is 1.17. The van der Waals surface area contributed by atoms with Crippen molar-refractivity contribution >= 4 is 18.0 Å². The van der Waals surface area contributed by atoms with Crippen molar-refractivity contribution in [2.45, 2.75) is 13.3 Å². The van der Waals surface area contributed by atoms with Gasteiger partial charge in [0.05, 0.1) is 11.3 Å². The summed E-state index contributed by atoms with van der Waals surface area (Å²) in [5, 5.41) is 11.3. The van der Waals surface area contributed by atoms with Crippen LogP contribution in [0.4, 0.5) is 0 Å². The lowest BCUT2D eigenvalue weighted by Crippen LogP contribution is -2.20. The second-order valence-corrected chi connectivity index (χ2v) is 3.45. The Labute approximate surface area is 99.2 Å². The highest BCUT2D eigenvalue weighted by atomic mass is 16.4. The number of amides is 1. The van der Waals surface area contributed by atoms with Gasteiger partial charge < -0.3 is 10.4 Å². The number of hydrogen-bond donors (Lipinski definition) is 2. The summed E-state index contributed by atoms with van der Waals surface area (Å²) in [5.74, 6) is -1.04. The van der Waals surface area contributed by atoms with Gasteiger partial charge in [0.25, 0.3) is 0 Å². The van der Waals surface area contributed by atoms with Gasteiger partial charge in [-0.3, -0.25) is 9.78 Å². The molecule has 17 heavy (non-hydrogen) atoms. The molecular weight excluding hydrogens is 220 g/mol. The molecule has 0 bridgehead atoms. The number of aromatic nitrogens is 1. The van der Waals surface area contributed by atoms with Crippen molar-refractivity contribution in [2.24, 2.45) is 0 Å². The molecule has 1 amide bonds. The average molecular weight is 234 g/mol. The molecule has 1 aromatic heterocycles. The van der Waals surface area contributed by atoms with E-state index in [0.717, 1.165) is 0 Å². The minimum Gasteiger partial charge on any atom is -0.478 e. The van der Waals surface area contributed by atoms with Crippen LogP contribution < -0.4 is 5.32 Å². The smallest absolute Gasteiger partial charge is 0.337 e. The summed E-state index contributed by atoms with van der Waals surface area (Å²) in [6.45, 7) is 2.05. The van der Waals surface area contributed by atoms with Crippen LogP contribution in [0.3, 0.4) is 0 Å². The number of carboxylic acids is 1. The van der Waals surface area contributed by atoms with Crippen molar-refractivity contribution in [3.05, 3.63) is 35.7 Å². The Morgan fingerprint density at radius 2 is 2.24 bits per heavy atom. The zero-order valence-corrected chi connectivity index (χ0v) is 9.51. The Morgan fingerprint density at radius 1 is 1.47 bits per heavy atom. The largest absolute Gasteiger partial charge is 0.478 e. The fourth-order valence-electron chi connectivity index (χ4n) is 1.17. The number of nitrogens with zero attached hydrogens (tertiary/aromatic N) is 1. The number of carbonyl (C=O) groups excluding carboxylic acids is 1. The molecule has 0 spiro atoms. The van der Waals surface area contributed by atoms with E-state index in [9.17, 15) is 9.59 Å². The van der Waals surface area contributed by atoms with E-state index in [1.807, 2.05) is 6.08 Å². The molecule has 1 heterocycles. The second kappa shape index (κ2) is 6.42. The first kappa shape index (κ1) is 12.9. The number of hydrogen-bond acceptors (Lipinski definition) is 3. The lowest BCUT2D eigenvalue weighted by atomic mass is 10.2. The van der Waals surface area contributed by atoms with Crippen molar-refractivity contribution in [3.63, 3.8) is 0 Å². The highest BCUT2D eigenvalue weighted by Gasteiger charge is 2.00. The third kappa shape index (κ3) is 4.92. The normalized spacial score (nSPS) is 10.4. The van der Waals surface area contributed by atoms with E-state index in [2.05, 4.69) is 10.3 Å². The van der Waals surface area contributed by atoms with E-state index in [-0.39, 0.29) is 11.5 Å². The molecule has 0 unspecified atom stereocenters. The van der Waals surface area contributed by atoms with Crippen LogP contribution in [0.15, 0.2) is 24.4 Å². The first-order valence-corrected chi connectivity index (χ1v) is 5.20. The minimum atomic E-state index is -0.987. The van der Waals surface area contributed by atoms with E-state index in [1.54, 1.807) is 12.1 Å². The maximum atomic E-state index is 10.6. The van der Waals surface area contributed by atoms with Gasteiger partial charge in [0.15, 0.2) is 0 Å². The first-order chi connectivity index (χ1) is 8.09. The molecule has 0 aliphatic rings. The van der Waals surface area contributed by atoms with Crippen LogP contribution in [0.1, 0.15) is 29.4 Å². The summed E-state index contributed by atoms with van der Waals surface area (Å²) < 4.78 is 0. The van der Waals surface area contributed by atoms with Gasteiger partial charge in [0.1, 0.15) is 0 Å². The van der Waals surface area contributed by atoms with Crippen molar-refractivity contribution in [2.75, 3.05) is 6.54 Å². The van der Waals surface area contributed by atoms with Crippen molar-refractivity contribution in [1.82, 2.24) is 10.3 Å². The topological polar surface area (TPSA) is 79.3 Å². The lowest BCUT2D eigenvalue weighted by Gasteiger charge is -1.97. The van der Waals surface area contributed by atoms with E-state index in [1.165, 1.54) is 19.2 Å². The van der Waals surface area contributed by atoms with Crippen LogP contribution in [0.2, 0.25) is 0 Å². The molecule has 1 aromatic rings. The summed E-state index contributed by atoms with van der Waals surface area (Å²) in [6, 6.07) is 3.14. The highest BCUT2D eigenvalue weighted by Crippen LogP contribution is 2.02. The predicted molar refractivity (Wildman–Crippen MR) is 63.5 cm³/mol. The predicted octanol–water partition coefficient (Wildman–Crippen LogP) is 1.32. The Bertz CT molecular complexity index is 424. The summed E-state index contributed by atoms with van der Waals surface area (Å²) in [7, 11) is 0. The Hall–Kier alpha value is -2.17. The zero-order valence-electron chi connectivity index (χ0n) is 9.51. The van der Waals surface area contributed by atoms with Crippen molar-refractivity contribution in [3.8, 4) is 0 Å². The Balaban J connectivity index is 2.43. The molecule has 0 aromatic carbocycles. The number of carbonyl (C=O) groups is 2. The molecule has 5 heteroatoms. The standard InChI is InChI=1S/C12H14N2O3/c1-9(15)13-7-3-2-4-11-6-5-10(8-14-11)12(16)17/h2,4-6,8H,3,7H2,1H3,(H,13,15)(H,16,17). The summed E-state index contributed by atoms with van der Waals surface area (Å²) in [4.78, 5) is 25.1. The molecule has 0 saturated carbocycles. The van der Waals surface area contributed by atoms with E-state index >= 15 is 0 Å². The maximum absolute atomic E-state index is 10.6. The number of nitrogens with one attached hydrogen (secondary N) is 1. The fraction of sp³-hybridized carbons (Fsp3) is 0.250. The van der Waals surface area contributed by atoms with Crippen LogP contribution in [0.5, 0.6) is 0 Å². The van der Waals surface area contributed by atoms with Gasteiger partial charge in [0, 0.05) is 19.7 Å². The molecule has 90 valence electrons. The summed E-state index contributed by atoms with van der Waals surface area (Å²) in [5.41, 5.74) is 0.859. The molecule has 0 atom stereocenters. The van der Waals surface area contributed by atoms with Crippen LogP contribution in [-0.4, -0.2) is 28.5 Å². The van der Waals surface area contributed by atoms with Crippen LogP contribution in [0.25, 0.3) is 6.08 Å². The molecule has 0 aliphatic heterocycles. The quantitative estimate of drug-likeness (QED) is 0.753. The van der Waals surface area contributed by atoms with Gasteiger partial charge in [-0.05, 0) is 24.6 Å².